The van der Waals surface area contributed by atoms with Crippen LogP contribution in [-0.2, 0) is 9.59 Å². The zero-order valence-corrected chi connectivity index (χ0v) is 14.7. The maximum Gasteiger partial charge on any atom is 0.241 e. The molecular formula is C17H25N7O2. The fourth-order valence-electron chi connectivity index (χ4n) is 2.64. The fourth-order valence-corrected chi connectivity index (χ4v) is 2.64. The van der Waals surface area contributed by atoms with Gasteiger partial charge in [-0.05, 0) is 30.5 Å². The van der Waals surface area contributed by atoms with Gasteiger partial charge in [0.2, 0.25) is 11.8 Å². The van der Waals surface area contributed by atoms with Crippen molar-refractivity contribution in [1.82, 2.24) is 10.7 Å². The van der Waals surface area contributed by atoms with Crippen LogP contribution in [0.2, 0.25) is 0 Å². The number of hydrogen-bond donors (Lipinski definition) is 6. The Labute approximate surface area is 152 Å². The molecule has 2 rings (SSSR count). The van der Waals surface area contributed by atoms with Crippen molar-refractivity contribution in [1.29, 1.82) is 5.41 Å². The molecule has 2 atom stereocenters. The van der Waals surface area contributed by atoms with Gasteiger partial charge in [0.25, 0.3) is 0 Å². The molecule has 9 heteroatoms. The largest absolute Gasteiger partial charge is 0.370 e. The van der Waals surface area contributed by atoms with Crippen LogP contribution in [0.3, 0.4) is 0 Å². The van der Waals surface area contributed by atoms with E-state index in [1.165, 1.54) is 0 Å². The fraction of sp³-hybridized carbons (Fsp3) is 0.412. The molecule has 0 saturated carbocycles. The number of nitrogens with zero attached hydrogens (tertiary/aromatic N) is 1. The Morgan fingerprint density at radius 3 is 2.73 bits per heavy atom. The zero-order valence-electron chi connectivity index (χ0n) is 14.7. The molecule has 1 aromatic carbocycles. The van der Waals surface area contributed by atoms with Gasteiger partial charge in [0, 0.05) is 24.6 Å². The summed E-state index contributed by atoms with van der Waals surface area (Å²) in [6.45, 7) is 2.45. The lowest BCUT2D eigenvalue weighted by molar-refractivity contribution is -0.122. The van der Waals surface area contributed by atoms with Crippen LogP contribution in [0.1, 0.15) is 31.7 Å². The Balaban J connectivity index is 1.87. The van der Waals surface area contributed by atoms with E-state index in [0.717, 1.165) is 11.3 Å². The Bertz CT molecular complexity index is 700. The molecule has 0 radical (unpaired) electrons. The number of benzene rings is 1. The lowest BCUT2D eigenvalue weighted by Crippen LogP contribution is -2.37. The number of hydrogen-bond acceptors (Lipinski definition) is 5. The van der Waals surface area contributed by atoms with Crippen LogP contribution in [-0.4, -0.2) is 36.1 Å². The van der Waals surface area contributed by atoms with Crippen LogP contribution in [0, 0.1) is 11.3 Å². The van der Waals surface area contributed by atoms with E-state index in [0.29, 0.717) is 31.5 Å². The number of guanidine groups is 1. The Kier molecular flexibility index (Phi) is 6.67. The number of hydrazone groups is 1. The third kappa shape index (κ3) is 5.55. The molecule has 2 amide bonds. The highest BCUT2D eigenvalue weighted by molar-refractivity contribution is 6.06. The van der Waals surface area contributed by atoms with Gasteiger partial charge in [-0.1, -0.05) is 19.1 Å². The van der Waals surface area contributed by atoms with Gasteiger partial charge < -0.3 is 22.1 Å². The minimum Gasteiger partial charge on any atom is -0.370 e. The summed E-state index contributed by atoms with van der Waals surface area (Å²) in [5.41, 5.74) is 15.9. The summed E-state index contributed by atoms with van der Waals surface area (Å²) >= 11 is 0. The highest BCUT2D eigenvalue weighted by Crippen LogP contribution is 2.18. The number of rotatable bonds is 7. The lowest BCUT2D eigenvalue weighted by Gasteiger charge is -2.19. The first-order valence-electron chi connectivity index (χ1n) is 8.48. The second-order valence-corrected chi connectivity index (χ2v) is 6.29. The summed E-state index contributed by atoms with van der Waals surface area (Å²) in [7, 11) is 0. The number of anilines is 1. The predicted molar refractivity (Wildman–Crippen MR) is 101 cm³/mol. The second kappa shape index (κ2) is 8.95. The Hall–Kier alpha value is -2.94. The molecule has 0 aromatic heterocycles. The molecule has 0 saturated heterocycles. The monoisotopic (exact) mass is 359 g/mol. The molecule has 1 heterocycles. The van der Waals surface area contributed by atoms with Crippen molar-refractivity contribution in [3.63, 3.8) is 0 Å². The van der Waals surface area contributed by atoms with E-state index in [-0.39, 0.29) is 23.7 Å². The number of carbonyl (C=O) groups is 2. The second-order valence-electron chi connectivity index (χ2n) is 6.29. The van der Waals surface area contributed by atoms with Crippen LogP contribution < -0.4 is 27.5 Å². The average Bonchev–Trinajstić information content (AvgIpc) is 2.59. The van der Waals surface area contributed by atoms with Gasteiger partial charge in [0.15, 0.2) is 5.96 Å². The highest BCUT2D eigenvalue weighted by Gasteiger charge is 2.21. The van der Waals surface area contributed by atoms with Crippen LogP contribution in [0.25, 0.3) is 0 Å². The number of amides is 2. The number of carbonyl (C=O) groups excluding carboxylic acids is 2. The van der Waals surface area contributed by atoms with Crippen molar-refractivity contribution >= 4 is 29.2 Å². The molecule has 9 nitrogen and oxygen atoms in total. The molecule has 0 bridgehead atoms. The molecule has 26 heavy (non-hydrogen) atoms. The van der Waals surface area contributed by atoms with Crippen LogP contribution in [0.15, 0.2) is 29.4 Å². The summed E-state index contributed by atoms with van der Waals surface area (Å²) in [6, 6.07) is 6.63. The van der Waals surface area contributed by atoms with Gasteiger partial charge in [0.05, 0.1) is 11.8 Å². The van der Waals surface area contributed by atoms with E-state index in [4.69, 9.17) is 16.9 Å². The number of nitrogens with one attached hydrogen (secondary N) is 4. The molecule has 1 aromatic rings. The topological polar surface area (TPSA) is 158 Å². The third-order valence-electron chi connectivity index (χ3n) is 4.05. The van der Waals surface area contributed by atoms with Gasteiger partial charge >= 0.3 is 0 Å². The van der Waals surface area contributed by atoms with Crippen molar-refractivity contribution in [3.05, 3.63) is 29.8 Å². The van der Waals surface area contributed by atoms with Crippen LogP contribution in [0.5, 0.6) is 0 Å². The molecule has 0 fully saturated rings. The van der Waals surface area contributed by atoms with E-state index in [1.54, 1.807) is 12.1 Å². The molecular weight excluding hydrogens is 334 g/mol. The summed E-state index contributed by atoms with van der Waals surface area (Å²) in [5.74, 6) is -0.408. The molecule has 8 N–H and O–H groups in total. The lowest BCUT2D eigenvalue weighted by atomic mass is 9.94. The predicted octanol–water partition coefficient (Wildman–Crippen LogP) is 0.0758. The first kappa shape index (κ1) is 19.4. The van der Waals surface area contributed by atoms with Gasteiger partial charge in [-0.3, -0.25) is 15.0 Å². The highest BCUT2D eigenvalue weighted by atomic mass is 16.2. The normalized spacial score (nSPS) is 17.7. The third-order valence-corrected chi connectivity index (χ3v) is 4.05. The van der Waals surface area contributed by atoms with Gasteiger partial charge in [-0.2, -0.15) is 5.10 Å². The maximum atomic E-state index is 12.1. The Morgan fingerprint density at radius 1 is 1.42 bits per heavy atom. The van der Waals surface area contributed by atoms with E-state index >= 15 is 0 Å². The summed E-state index contributed by atoms with van der Waals surface area (Å²) in [6.07, 6.45) is 1.53. The van der Waals surface area contributed by atoms with Gasteiger partial charge in [0.1, 0.15) is 0 Å². The molecule has 140 valence electrons. The molecule has 1 aliphatic heterocycles. The zero-order chi connectivity index (χ0) is 19.1. The van der Waals surface area contributed by atoms with Crippen LogP contribution >= 0.6 is 0 Å². The summed E-state index contributed by atoms with van der Waals surface area (Å²) < 4.78 is 0. The number of nitrogens with two attached hydrogens (primary N) is 2. The maximum absolute atomic E-state index is 12.1. The first-order chi connectivity index (χ1) is 12.4. The minimum atomic E-state index is -0.638. The van der Waals surface area contributed by atoms with Crippen molar-refractivity contribution < 1.29 is 9.59 Å². The van der Waals surface area contributed by atoms with Crippen molar-refractivity contribution in [3.8, 4) is 0 Å². The molecule has 1 aliphatic rings. The average molecular weight is 359 g/mol. The molecule has 0 spiro atoms. The Morgan fingerprint density at radius 2 is 2.12 bits per heavy atom. The smallest absolute Gasteiger partial charge is 0.241 e. The first-order valence-corrected chi connectivity index (χ1v) is 8.48. The van der Waals surface area contributed by atoms with E-state index in [1.807, 2.05) is 19.1 Å². The standard InChI is InChI=1S/C17H25N7O2/c1-10-9-14(25)23-24-15(10)11-4-6-12(7-5-11)22-16(26)13(18)3-2-8-21-17(19)20/h4-7,10,13H,2-3,8-9,18H2,1H3,(H,22,26)(H,23,25)(H4,19,20,21)/t10?,13-/m0/s1. The van der Waals surface area contributed by atoms with Crippen LogP contribution in [0.4, 0.5) is 5.69 Å². The van der Waals surface area contributed by atoms with Gasteiger partial charge in [-0.15, -0.1) is 0 Å². The van der Waals surface area contributed by atoms with E-state index in [9.17, 15) is 9.59 Å². The van der Waals surface area contributed by atoms with Crippen molar-refractivity contribution in [2.75, 3.05) is 11.9 Å². The SMILES string of the molecule is CC1CC(=O)NN=C1c1ccc(NC(=O)[C@@H](N)CCCNC(=N)N)cc1. The van der Waals surface area contributed by atoms with Crippen molar-refractivity contribution in [2.24, 2.45) is 22.5 Å². The summed E-state index contributed by atoms with van der Waals surface area (Å²) in [5, 5.41) is 16.6. The van der Waals surface area contributed by atoms with Crippen molar-refractivity contribution in [2.45, 2.75) is 32.2 Å². The van der Waals surface area contributed by atoms with Gasteiger partial charge in [-0.25, -0.2) is 5.43 Å². The minimum absolute atomic E-state index is 0.0428. The summed E-state index contributed by atoms with van der Waals surface area (Å²) in [4.78, 5) is 23.4. The molecule has 0 aliphatic carbocycles. The van der Waals surface area contributed by atoms with E-state index in [2.05, 4.69) is 21.2 Å². The molecule has 1 unspecified atom stereocenters. The van der Waals surface area contributed by atoms with E-state index < -0.39 is 6.04 Å². The quantitative estimate of drug-likeness (QED) is 0.231.